The van der Waals surface area contributed by atoms with Crippen molar-refractivity contribution in [3.05, 3.63) is 34.1 Å². The van der Waals surface area contributed by atoms with Crippen molar-refractivity contribution >= 4 is 23.5 Å². The summed E-state index contributed by atoms with van der Waals surface area (Å²) in [5.74, 6) is -2.33. The number of benzene rings is 1. The minimum atomic E-state index is -4.74. The molecule has 26 heavy (non-hydrogen) atoms. The van der Waals surface area contributed by atoms with Crippen LogP contribution in [0.3, 0.4) is 0 Å². The number of hydrogen-bond donors (Lipinski definition) is 0. The van der Waals surface area contributed by atoms with Crippen molar-refractivity contribution in [3.63, 3.8) is 0 Å². The predicted molar refractivity (Wildman–Crippen MR) is 86.1 cm³/mol. The highest BCUT2D eigenvalue weighted by Gasteiger charge is 2.35. The van der Waals surface area contributed by atoms with Crippen LogP contribution in [0.25, 0.3) is 0 Å². The SMILES string of the molecule is CCOC(=O)C1CCCCN1C(=O)Cc1c(F)cc(C(F)(F)F)cc1Cl. The third-order valence-electron chi connectivity index (χ3n) is 4.18. The Morgan fingerprint density at radius 1 is 1.31 bits per heavy atom. The topological polar surface area (TPSA) is 46.6 Å². The highest BCUT2D eigenvalue weighted by molar-refractivity contribution is 6.31. The Balaban J connectivity index is 2.21. The van der Waals surface area contributed by atoms with Crippen molar-refractivity contribution in [2.24, 2.45) is 0 Å². The van der Waals surface area contributed by atoms with E-state index in [4.69, 9.17) is 16.3 Å². The van der Waals surface area contributed by atoms with Crippen molar-refractivity contribution in [3.8, 4) is 0 Å². The molecule has 1 saturated heterocycles. The number of likely N-dealkylation sites (tertiary alicyclic amines) is 1. The summed E-state index contributed by atoms with van der Waals surface area (Å²) in [6.45, 7) is 2.10. The van der Waals surface area contributed by atoms with Gasteiger partial charge in [0.2, 0.25) is 5.91 Å². The van der Waals surface area contributed by atoms with Gasteiger partial charge in [0.15, 0.2) is 0 Å². The van der Waals surface area contributed by atoms with Gasteiger partial charge in [-0.3, -0.25) is 4.79 Å². The Morgan fingerprint density at radius 3 is 2.58 bits per heavy atom. The van der Waals surface area contributed by atoms with E-state index in [1.807, 2.05) is 0 Å². The maximum atomic E-state index is 14.1. The molecule has 0 aromatic heterocycles. The van der Waals surface area contributed by atoms with E-state index in [2.05, 4.69) is 0 Å². The molecule has 9 heteroatoms. The van der Waals surface area contributed by atoms with E-state index in [-0.39, 0.29) is 12.2 Å². The van der Waals surface area contributed by atoms with E-state index in [0.29, 0.717) is 31.5 Å². The van der Waals surface area contributed by atoms with Crippen LogP contribution in [0, 0.1) is 5.82 Å². The molecule has 0 radical (unpaired) electrons. The zero-order chi connectivity index (χ0) is 19.5. The van der Waals surface area contributed by atoms with Gasteiger partial charge in [0, 0.05) is 17.1 Å². The summed E-state index contributed by atoms with van der Waals surface area (Å²) in [5, 5.41) is -0.477. The quantitative estimate of drug-likeness (QED) is 0.572. The van der Waals surface area contributed by atoms with Gasteiger partial charge in [-0.15, -0.1) is 0 Å². The lowest BCUT2D eigenvalue weighted by molar-refractivity contribution is -0.156. The van der Waals surface area contributed by atoms with Gasteiger partial charge in [0.25, 0.3) is 0 Å². The number of esters is 1. The molecule has 1 fully saturated rings. The lowest BCUT2D eigenvalue weighted by atomic mass is 10.00. The summed E-state index contributed by atoms with van der Waals surface area (Å²) in [7, 11) is 0. The Kier molecular flexibility index (Phi) is 6.49. The fourth-order valence-electron chi connectivity index (χ4n) is 2.90. The Labute approximate surface area is 153 Å². The van der Waals surface area contributed by atoms with Crippen LogP contribution < -0.4 is 0 Å². The van der Waals surface area contributed by atoms with Gasteiger partial charge in [-0.1, -0.05) is 11.6 Å². The number of nitrogens with zero attached hydrogens (tertiary/aromatic N) is 1. The van der Waals surface area contributed by atoms with Crippen molar-refractivity contribution in [2.45, 2.75) is 44.8 Å². The van der Waals surface area contributed by atoms with Crippen LogP contribution in [0.15, 0.2) is 12.1 Å². The minimum absolute atomic E-state index is 0.163. The van der Waals surface area contributed by atoms with Gasteiger partial charge >= 0.3 is 12.1 Å². The van der Waals surface area contributed by atoms with Crippen LogP contribution >= 0.6 is 11.6 Å². The lowest BCUT2D eigenvalue weighted by Crippen LogP contribution is -2.49. The summed E-state index contributed by atoms with van der Waals surface area (Å²) >= 11 is 5.77. The zero-order valence-electron chi connectivity index (χ0n) is 14.0. The van der Waals surface area contributed by atoms with Gasteiger partial charge in [0.1, 0.15) is 11.9 Å². The van der Waals surface area contributed by atoms with Crippen molar-refractivity contribution in [2.75, 3.05) is 13.2 Å². The number of ether oxygens (including phenoxy) is 1. The maximum absolute atomic E-state index is 14.1. The molecule has 0 bridgehead atoms. The number of rotatable bonds is 4. The molecule has 1 aliphatic rings. The largest absolute Gasteiger partial charge is 0.464 e. The van der Waals surface area contributed by atoms with Crippen molar-refractivity contribution in [1.82, 2.24) is 4.90 Å². The third-order valence-corrected chi connectivity index (χ3v) is 4.52. The minimum Gasteiger partial charge on any atom is -0.464 e. The maximum Gasteiger partial charge on any atom is 0.416 e. The molecule has 1 amide bonds. The van der Waals surface area contributed by atoms with Gasteiger partial charge in [-0.25, -0.2) is 9.18 Å². The zero-order valence-corrected chi connectivity index (χ0v) is 14.8. The summed E-state index contributed by atoms with van der Waals surface area (Å²) in [6, 6.07) is 0.132. The molecule has 1 heterocycles. The van der Waals surface area contributed by atoms with E-state index in [1.165, 1.54) is 4.90 Å². The molecular weight excluding hydrogens is 378 g/mol. The molecule has 1 unspecified atom stereocenters. The molecule has 0 aliphatic carbocycles. The summed E-state index contributed by atoms with van der Waals surface area (Å²) in [6.07, 6.45) is -3.44. The average molecular weight is 396 g/mol. The summed E-state index contributed by atoms with van der Waals surface area (Å²) < 4.78 is 57.1. The van der Waals surface area contributed by atoms with E-state index in [0.717, 1.165) is 6.42 Å². The second-order valence-corrected chi connectivity index (χ2v) is 6.35. The summed E-state index contributed by atoms with van der Waals surface area (Å²) in [5.41, 5.74) is -1.54. The fraction of sp³-hybridized carbons (Fsp3) is 0.529. The highest BCUT2D eigenvalue weighted by atomic mass is 35.5. The lowest BCUT2D eigenvalue weighted by Gasteiger charge is -2.34. The molecule has 1 aromatic rings. The number of carbonyl (C=O) groups is 2. The monoisotopic (exact) mass is 395 g/mol. The number of alkyl halides is 3. The number of amides is 1. The molecule has 1 atom stereocenters. The molecule has 0 N–H and O–H groups in total. The van der Waals surface area contributed by atoms with Crippen LogP contribution in [0.1, 0.15) is 37.3 Å². The second-order valence-electron chi connectivity index (χ2n) is 5.94. The number of piperidine rings is 1. The van der Waals surface area contributed by atoms with Gasteiger partial charge in [0.05, 0.1) is 18.6 Å². The first-order chi connectivity index (χ1) is 12.1. The van der Waals surface area contributed by atoms with Crippen LogP contribution in [-0.4, -0.2) is 36.0 Å². The number of carbonyl (C=O) groups excluding carboxylic acids is 2. The predicted octanol–water partition coefficient (Wildman–Crippen LogP) is 3.98. The van der Waals surface area contributed by atoms with Gasteiger partial charge in [-0.05, 0) is 38.3 Å². The molecule has 4 nitrogen and oxygen atoms in total. The van der Waals surface area contributed by atoms with Gasteiger partial charge in [-0.2, -0.15) is 13.2 Å². The van der Waals surface area contributed by atoms with Crippen LogP contribution in [-0.2, 0) is 26.9 Å². The smallest absolute Gasteiger partial charge is 0.416 e. The molecule has 0 spiro atoms. The number of hydrogen-bond acceptors (Lipinski definition) is 3. The van der Waals surface area contributed by atoms with Crippen LogP contribution in [0.4, 0.5) is 17.6 Å². The standard InChI is InChI=1S/C17H18ClF4NO3/c1-2-26-16(25)14-5-3-4-6-23(14)15(24)9-11-12(18)7-10(8-13(11)19)17(20,21)22/h7-8,14H,2-6,9H2,1H3. The Morgan fingerprint density at radius 2 is 2.00 bits per heavy atom. The third kappa shape index (κ3) is 4.66. The van der Waals surface area contributed by atoms with E-state index >= 15 is 0 Å². The highest BCUT2D eigenvalue weighted by Crippen LogP contribution is 2.34. The molecule has 1 aromatic carbocycles. The Hall–Kier alpha value is -1.83. The van der Waals surface area contributed by atoms with E-state index in [9.17, 15) is 27.2 Å². The normalized spacial score (nSPS) is 17.9. The molecule has 2 rings (SSSR count). The average Bonchev–Trinajstić information content (AvgIpc) is 2.57. The first-order valence-electron chi connectivity index (χ1n) is 8.16. The van der Waals surface area contributed by atoms with Gasteiger partial charge < -0.3 is 9.64 Å². The van der Waals surface area contributed by atoms with Crippen LogP contribution in [0.2, 0.25) is 5.02 Å². The van der Waals surface area contributed by atoms with Crippen molar-refractivity contribution < 1.29 is 31.9 Å². The summed E-state index contributed by atoms with van der Waals surface area (Å²) in [4.78, 5) is 25.8. The molecule has 0 saturated carbocycles. The first kappa shape index (κ1) is 20.5. The first-order valence-corrected chi connectivity index (χ1v) is 8.54. The van der Waals surface area contributed by atoms with Crippen molar-refractivity contribution in [1.29, 1.82) is 0 Å². The Bertz CT molecular complexity index is 670. The van der Waals surface area contributed by atoms with E-state index in [1.54, 1.807) is 6.92 Å². The molecular formula is C17H18ClF4NO3. The van der Waals surface area contributed by atoms with E-state index < -0.39 is 46.9 Å². The fourth-order valence-corrected chi connectivity index (χ4v) is 3.18. The number of halogens is 5. The molecule has 144 valence electrons. The van der Waals surface area contributed by atoms with Crippen LogP contribution in [0.5, 0.6) is 0 Å². The second kappa shape index (κ2) is 8.24. The molecule has 1 aliphatic heterocycles.